The van der Waals surface area contributed by atoms with E-state index in [4.69, 9.17) is 4.74 Å². The Bertz CT molecular complexity index is 508. The van der Waals surface area contributed by atoms with Gasteiger partial charge in [0, 0.05) is 44.3 Å². The highest BCUT2D eigenvalue weighted by Crippen LogP contribution is 2.31. The molecule has 1 heterocycles. The zero-order chi connectivity index (χ0) is 15.8. The molecule has 0 spiro atoms. The van der Waals surface area contributed by atoms with Crippen LogP contribution in [0.2, 0.25) is 0 Å². The monoisotopic (exact) mass is 437 g/mol. The number of hydrogen-bond donors (Lipinski definition) is 3. The number of guanidine groups is 1. The number of aliphatic hydroxyl groups is 1. The summed E-state index contributed by atoms with van der Waals surface area (Å²) in [6.45, 7) is 2.56. The Balaban J connectivity index is 0.00000264. The molecule has 1 aromatic carbocycles. The van der Waals surface area contributed by atoms with Crippen molar-refractivity contribution in [1.82, 2.24) is 10.6 Å². The van der Waals surface area contributed by atoms with Gasteiger partial charge in [0.2, 0.25) is 0 Å². The molecule has 130 valence electrons. The maximum Gasteiger partial charge on any atom is 0.191 e. The number of aliphatic imine (C=N–C) groups is 1. The van der Waals surface area contributed by atoms with Crippen LogP contribution < -0.4 is 10.6 Å². The van der Waals surface area contributed by atoms with Crippen molar-refractivity contribution in [2.24, 2.45) is 10.4 Å². The number of benzene rings is 1. The van der Waals surface area contributed by atoms with E-state index in [1.54, 1.807) is 19.2 Å². The van der Waals surface area contributed by atoms with Crippen molar-refractivity contribution in [2.75, 3.05) is 33.4 Å². The van der Waals surface area contributed by atoms with Crippen molar-refractivity contribution in [1.29, 1.82) is 0 Å². The summed E-state index contributed by atoms with van der Waals surface area (Å²) in [4.78, 5) is 4.15. The second kappa shape index (κ2) is 10.0. The molecule has 1 aromatic rings. The fraction of sp³-hybridized carbons (Fsp3) is 0.562. The fourth-order valence-electron chi connectivity index (χ4n) is 2.62. The number of ether oxygens (including phenoxy) is 1. The minimum Gasteiger partial charge on any atom is -0.396 e. The molecule has 3 N–H and O–H groups in total. The van der Waals surface area contributed by atoms with Crippen molar-refractivity contribution in [3.8, 4) is 0 Å². The van der Waals surface area contributed by atoms with E-state index in [0.717, 1.165) is 13.0 Å². The number of nitrogens with zero attached hydrogens (tertiary/aromatic N) is 1. The van der Waals surface area contributed by atoms with E-state index in [2.05, 4.69) is 15.6 Å². The highest BCUT2D eigenvalue weighted by Gasteiger charge is 2.34. The topological polar surface area (TPSA) is 65.9 Å². The summed E-state index contributed by atoms with van der Waals surface area (Å²) in [7, 11) is 1.68. The fourth-order valence-corrected chi connectivity index (χ4v) is 2.62. The van der Waals surface area contributed by atoms with Gasteiger partial charge in [0.05, 0.1) is 6.61 Å². The summed E-state index contributed by atoms with van der Waals surface area (Å²) >= 11 is 0. The van der Waals surface area contributed by atoms with Gasteiger partial charge in [0.1, 0.15) is 5.82 Å². The first-order chi connectivity index (χ1) is 10.7. The van der Waals surface area contributed by atoms with Gasteiger partial charge >= 0.3 is 0 Å². The normalized spacial score (nSPS) is 20.9. The lowest BCUT2D eigenvalue weighted by Gasteiger charge is -2.27. The third kappa shape index (κ3) is 5.89. The Morgan fingerprint density at radius 1 is 1.39 bits per heavy atom. The van der Waals surface area contributed by atoms with Gasteiger partial charge in [0.15, 0.2) is 5.96 Å². The molecule has 1 unspecified atom stereocenters. The Morgan fingerprint density at radius 2 is 2.17 bits per heavy atom. The van der Waals surface area contributed by atoms with Gasteiger partial charge in [-0.05, 0) is 18.9 Å². The van der Waals surface area contributed by atoms with Gasteiger partial charge < -0.3 is 20.5 Å². The van der Waals surface area contributed by atoms with Crippen LogP contribution in [0.15, 0.2) is 29.3 Å². The molecule has 0 aromatic heterocycles. The first-order valence-corrected chi connectivity index (χ1v) is 7.56. The lowest BCUT2D eigenvalue weighted by Crippen LogP contribution is -2.44. The molecule has 1 fully saturated rings. The average Bonchev–Trinajstić information content (AvgIpc) is 2.98. The summed E-state index contributed by atoms with van der Waals surface area (Å²) < 4.78 is 19.1. The SMILES string of the molecule is CN=C(NCc1ccccc1F)NCC1(CCO)CCOC1.I. The number of hydrogen-bond acceptors (Lipinski definition) is 3. The van der Waals surface area contributed by atoms with Crippen molar-refractivity contribution in [3.05, 3.63) is 35.6 Å². The summed E-state index contributed by atoms with van der Waals surface area (Å²) in [5, 5.41) is 15.6. The van der Waals surface area contributed by atoms with Crippen molar-refractivity contribution >= 4 is 29.9 Å². The van der Waals surface area contributed by atoms with Gasteiger partial charge in [-0.3, -0.25) is 4.99 Å². The lowest BCUT2D eigenvalue weighted by molar-refractivity contribution is 0.127. The highest BCUT2D eigenvalue weighted by atomic mass is 127. The summed E-state index contributed by atoms with van der Waals surface area (Å²) in [6.07, 6.45) is 1.62. The van der Waals surface area contributed by atoms with Crippen LogP contribution in [0, 0.1) is 11.2 Å². The Labute approximate surface area is 153 Å². The second-order valence-corrected chi connectivity index (χ2v) is 5.65. The van der Waals surface area contributed by atoms with Crippen molar-refractivity contribution in [3.63, 3.8) is 0 Å². The van der Waals surface area contributed by atoms with E-state index in [1.165, 1.54) is 6.07 Å². The number of nitrogens with one attached hydrogen (secondary N) is 2. The zero-order valence-electron chi connectivity index (χ0n) is 13.3. The minimum absolute atomic E-state index is 0. The van der Waals surface area contributed by atoms with Crippen LogP contribution in [-0.2, 0) is 11.3 Å². The second-order valence-electron chi connectivity index (χ2n) is 5.65. The molecule has 1 aliphatic heterocycles. The van der Waals surface area contributed by atoms with Gasteiger partial charge in [-0.15, -0.1) is 24.0 Å². The van der Waals surface area contributed by atoms with E-state index in [1.807, 2.05) is 6.07 Å². The molecular formula is C16H25FIN3O2. The Hall–Kier alpha value is -0.930. The molecule has 5 nitrogen and oxygen atoms in total. The Morgan fingerprint density at radius 3 is 2.78 bits per heavy atom. The minimum atomic E-state index is -0.230. The molecular weight excluding hydrogens is 412 g/mol. The van der Waals surface area contributed by atoms with Crippen LogP contribution in [0.1, 0.15) is 18.4 Å². The molecule has 0 radical (unpaired) electrons. The van der Waals surface area contributed by atoms with Crippen LogP contribution in [0.5, 0.6) is 0 Å². The smallest absolute Gasteiger partial charge is 0.191 e. The molecule has 7 heteroatoms. The van der Waals surface area contributed by atoms with Gasteiger partial charge in [-0.2, -0.15) is 0 Å². The average molecular weight is 437 g/mol. The first kappa shape index (κ1) is 20.1. The summed E-state index contributed by atoms with van der Waals surface area (Å²) in [6, 6.07) is 6.67. The Kier molecular flexibility index (Phi) is 8.78. The van der Waals surface area contributed by atoms with Gasteiger partial charge in [0.25, 0.3) is 0 Å². The van der Waals surface area contributed by atoms with Crippen LogP contribution in [0.25, 0.3) is 0 Å². The van der Waals surface area contributed by atoms with Crippen LogP contribution in [-0.4, -0.2) is 44.5 Å². The maximum absolute atomic E-state index is 13.6. The largest absolute Gasteiger partial charge is 0.396 e. The third-order valence-electron chi connectivity index (χ3n) is 4.09. The highest BCUT2D eigenvalue weighted by molar-refractivity contribution is 14.0. The quantitative estimate of drug-likeness (QED) is 0.362. The number of rotatable bonds is 6. The predicted octanol–water partition coefficient (Wildman–Crippen LogP) is 1.90. The summed E-state index contributed by atoms with van der Waals surface area (Å²) in [5.74, 6) is 0.388. The maximum atomic E-state index is 13.6. The van der Waals surface area contributed by atoms with Crippen molar-refractivity contribution in [2.45, 2.75) is 19.4 Å². The molecule has 0 saturated carbocycles. The predicted molar refractivity (Wildman–Crippen MR) is 99.6 cm³/mol. The zero-order valence-corrected chi connectivity index (χ0v) is 15.7. The molecule has 2 rings (SSSR count). The lowest BCUT2D eigenvalue weighted by atomic mass is 9.84. The molecule has 0 aliphatic carbocycles. The summed E-state index contributed by atoms with van der Waals surface area (Å²) in [5.41, 5.74) is 0.546. The molecule has 23 heavy (non-hydrogen) atoms. The van der Waals surface area contributed by atoms with Gasteiger partial charge in [-0.25, -0.2) is 4.39 Å². The number of aliphatic hydroxyl groups excluding tert-OH is 1. The van der Waals surface area contributed by atoms with Crippen LogP contribution >= 0.6 is 24.0 Å². The van der Waals surface area contributed by atoms with E-state index in [9.17, 15) is 9.50 Å². The number of halogens is 2. The van der Waals surface area contributed by atoms with Gasteiger partial charge in [-0.1, -0.05) is 18.2 Å². The van der Waals surface area contributed by atoms with Crippen LogP contribution in [0.4, 0.5) is 4.39 Å². The molecule has 1 saturated heterocycles. The van der Waals surface area contributed by atoms with Crippen LogP contribution in [0.3, 0.4) is 0 Å². The van der Waals surface area contributed by atoms with E-state index in [-0.39, 0.29) is 41.8 Å². The van der Waals surface area contributed by atoms with E-state index < -0.39 is 0 Å². The third-order valence-corrected chi connectivity index (χ3v) is 4.09. The first-order valence-electron chi connectivity index (χ1n) is 7.56. The van der Waals surface area contributed by atoms with E-state index >= 15 is 0 Å². The molecule has 0 amide bonds. The molecule has 0 bridgehead atoms. The molecule has 1 atom stereocenters. The standard InChI is InChI=1S/C16H24FN3O2.HI/c1-18-15(19-10-13-4-2-3-5-14(13)17)20-11-16(6-8-21)7-9-22-12-16;/h2-5,21H,6-12H2,1H3,(H2,18,19,20);1H. The van der Waals surface area contributed by atoms with E-state index in [0.29, 0.717) is 37.6 Å². The van der Waals surface area contributed by atoms with Crippen molar-refractivity contribution < 1.29 is 14.2 Å². The molecule has 1 aliphatic rings.